The lowest BCUT2D eigenvalue weighted by Crippen LogP contribution is -2.61. The van der Waals surface area contributed by atoms with Crippen molar-refractivity contribution < 1.29 is 181 Å². The van der Waals surface area contributed by atoms with E-state index in [4.69, 9.17) is 53.8 Å². The van der Waals surface area contributed by atoms with Gasteiger partial charge in [-0.25, -0.2) is 9.59 Å². The molecule has 1 amide bonds. The fourth-order valence-corrected chi connectivity index (χ4v) is 29.5. The van der Waals surface area contributed by atoms with Crippen LogP contribution in [0.3, 0.4) is 0 Å². The molecule has 2 heterocycles. The van der Waals surface area contributed by atoms with Gasteiger partial charge in [-0.05, 0) is 123 Å². The van der Waals surface area contributed by atoms with E-state index in [1.54, 1.807) is 52.0 Å². The lowest BCUT2D eigenvalue weighted by atomic mass is 9.60. The van der Waals surface area contributed by atoms with Crippen LogP contribution < -0.4 is 11.1 Å². The monoisotopic (exact) mass is 2020 g/mol. The van der Waals surface area contributed by atoms with Crippen molar-refractivity contribution in [1.82, 2.24) is 5.32 Å². The maximum absolute atomic E-state index is 13.2. The summed E-state index contributed by atoms with van der Waals surface area (Å²) < 4.78 is 52.5. The largest absolute Gasteiger partial charge is 0.480 e. The molecule has 10 fully saturated rings. The molecule has 2 saturated heterocycles. The summed E-state index contributed by atoms with van der Waals surface area (Å²) in [7, 11) is 0. The summed E-state index contributed by atoms with van der Waals surface area (Å²) >= 11 is 0. The molecule has 0 spiro atoms. The minimum atomic E-state index is -1.78. The molecule has 0 aromatic rings. The van der Waals surface area contributed by atoms with Gasteiger partial charge in [0.2, 0.25) is 6.41 Å². The number of carboxylic acid groups (broad SMARTS) is 2. The molecule has 0 bridgehead atoms. The second-order valence-electron chi connectivity index (χ2n) is 45.9. The number of aliphatic hydroxyl groups excluding tert-OH is 2. The number of hydrogen-bond donors (Lipinski definition) is 14. The second-order valence-corrected chi connectivity index (χ2v) is 45.9. The van der Waals surface area contributed by atoms with Crippen LogP contribution in [0, 0.1) is 116 Å². The topological polar surface area (TPSA) is 629 Å². The van der Waals surface area contributed by atoms with E-state index in [0.717, 1.165) is 11.1 Å². The number of fused-ring (bicyclic) bond motifs is 20. The molecule has 794 valence electrons. The summed E-state index contributed by atoms with van der Waals surface area (Å²) in [5.41, 5.74) is -7.18. The quantitative estimate of drug-likeness (QED) is 0.0128. The number of Topliss-reactive ketones (excluding diaryl/α,β-unsaturated/α-hetero) is 4. The van der Waals surface area contributed by atoms with Gasteiger partial charge in [0.05, 0.1) is 61.9 Å². The number of carbonyl (C=O) groups is 15. The summed E-state index contributed by atoms with van der Waals surface area (Å²) in [5, 5.41) is 135. The van der Waals surface area contributed by atoms with Gasteiger partial charge in [0, 0.05) is 146 Å². The Balaban J connectivity index is 0.000000153. The van der Waals surface area contributed by atoms with E-state index in [1.807, 2.05) is 107 Å². The Morgan fingerprint density at radius 1 is 0.424 bits per heavy atom. The van der Waals surface area contributed by atoms with Crippen molar-refractivity contribution >= 4 is 89.2 Å². The predicted molar refractivity (Wildman–Crippen MR) is 500 cm³/mol. The van der Waals surface area contributed by atoms with E-state index in [9.17, 15) is 123 Å². The number of nitrogens with two attached hydrogens (primary N) is 1. The highest BCUT2D eigenvalue weighted by Crippen LogP contribution is 2.81. The van der Waals surface area contributed by atoms with E-state index >= 15 is 0 Å². The van der Waals surface area contributed by atoms with E-state index < -0.39 is 180 Å². The molecule has 0 aromatic carbocycles. The van der Waals surface area contributed by atoms with Crippen molar-refractivity contribution in [3.8, 4) is 0 Å². The Hall–Kier alpha value is -9.43. The van der Waals surface area contributed by atoms with Gasteiger partial charge in [0.25, 0.3) is 0 Å². The van der Waals surface area contributed by atoms with Crippen LogP contribution in [0.15, 0.2) is 93.2 Å². The SMILES string of the molecule is CC(=O)O[C@@]12C[C@@H](C)[C@@]3(O)[C@@H](C=C(CCOCOCC(=O)O)C[C@]4(O)C(=O)C(C)=C[C@@H]34)[C@@H]1C2(C)C.CC(=O)O[C@@]12C[C@@H](C)[C@@]3(O)[C@@H](C=C(CCOCOC[C@@H](N)C(=O)O)C[C@]4(O)C(=O)C(C)=C[C@@H]34)[C@@H]1C2(C)C.CC(=O)O[C@@]12C[C@@H](C)[C@@]3(O)[C@@H](C=C(CO)C[C@]4(O)C(=O)C(C)=C[C@@H]34)[C@@H]1C2(C)C.CC(=O)O[C@@]12C[C@@H](C)[C@@]3(O)[C@@H](C=C(CO)C[C@]4(O)C(=O)C(C)=C[C@@H]34)[C@@H]1C2(C)C.O=C1CC(=O)O1.O=CN[C@H]1CC(=O)OC1=O. The van der Waals surface area contributed by atoms with Crippen LogP contribution in [-0.2, 0) is 119 Å². The Labute approximate surface area is 834 Å². The zero-order chi connectivity index (χ0) is 107. The minimum absolute atomic E-state index is 0.0000834. The summed E-state index contributed by atoms with van der Waals surface area (Å²) in [5.74, 6) is -14.3. The maximum Gasteiger partial charge on any atom is 0.336 e. The lowest BCUT2D eigenvalue weighted by molar-refractivity contribution is -0.186. The molecule has 0 radical (unpaired) electrons. The molecule has 15 N–H and O–H groups in total. The van der Waals surface area contributed by atoms with Crippen molar-refractivity contribution in [2.24, 2.45) is 122 Å². The first-order valence-corrected chi connectivity index (χ1v) is 49.3. The van der Waals surface area contributed by atoms with Crippen molar-refractivity contribution in [3.63, 3.8) is 0 Å². The Morgan fingerprint density at radius 2 is 0.694 bits per heavy atom. The highest BCUT2D eigenvalue weighted by atomic mass is 16.7. The van der Waals surface area contributed by atoms with Crippen molar-refractivity contribution in [2.75, 3.05) is 53.2 Å². The van der Waals surface area contributed by atoms with Gasteiger partial charge < -0.3 is 120 Å². The van der Waals surface area contributed by atoms with Crippen LogP contribution in [0.5, 0.6) is 0 Å². The van der Waals surface area contributed by atoms with Gasteiger partial charge in [0.1, 0.15) is 83.5 Å². The third-order valence-electron chi connectivity index (χ3n) is 36.4. The number of rotatable bonds is 23. The number of ether oxygens (including phenoxy) is 10. The summed E-state index contributed by atoms with van der Waals surface area (Å²) in [6.07, 6.45) is 17.4. The fraction of sp³-hybridized carbons (Fsp3) is 0.705. The zero-order valence-corrected chi connectivity index (χ0v) is 85.4. The molecule has 39 heteroatoms. The highest BCUT2D eigenvalue weighted by Gasteiger charge is 2.88. The first-order chi connectivity index (χ1) is 66.6. The van der Waals surface area contributed by atoms with Gasteiger partial charge in [0.15, 0.2) is 23.1 Å². The number of esters is 8. The maximum atomic E-state index is 13.2. The predicted octanol–water partition coefficient (Wildman–Crippen LogP) is 4.43. The van der Waals surface area contributed by atoms with Crippen LogP contribution in [-0.4, -0.2) is 283 Å². The number of aliphatic carboxylic acids is 2. The van der Waals surface area contributed by atoms with Crippen molar-refractivity contribution in [1.29, 1.82) is 0 Å². The van der Waals surface area contributed by atoms with Crippen LogP contribution in [0.4, 0.5) is 0 Å². The Bertz CT molecular complexity index is 5410. The van der Waals surface area contributed by atoms with Gasteiger partial charge in [-0.15, -0.1) is 0 Å². The molecule has 39 nitrogen and oxygen atoms in total. The molecule has 18 rings (SSSR count). The van der Waals surface area contributed by atoms with Gasteiger partial charge in [-0.3, -0.25) is 62.3 Å². The standard InChI is InChI=1S/C27H39NO9.C26H36O9.2C22H30O6.C5H5NO4.C3H2O3/c1-14-8-20-25(33,22(14)30)11-17(6-7-35-13-36-12-19(28)23(31)32)9-18-21-24(4,5)26(21,37-16(3)29)10-15(2)27(18,20)34;1-14-8-19-24(31,22(14)30)11-17(6-7-33-13-34-12-20(28)29)9-18-21-23(4,5)25(21,35-16(3)27)10-15(2)26(18,19)32;2*1-11-6-16-20(26,18(11)25)9-14(10-23)7-15-17-19(4,5)21(17,28-13(3)24)8-12(2)22(15,16)27;7-2-6-3-1-4(8)10-5(3)9;4-2-1-3(5)6-2/h8-9,15,18-21,33-34H,6-7,10-13,28H2,1-5H3,(H,31,32);8-9,15,18-19,21,31-32H,6-7,10-13H2,1-5H3,(H,28,29);2*6-7,12,15-17,23,26-27H,8-10H2,1-5H3;2-3H,1H2,(H,6,7);1H2/t15-,18+,19-,20-,21-,25-,26+,27-;15-,18+,19-,21-,24-,25+,26-;2*12-,15+,16-,17-,20-,21+,22-;3-;/m11110./s1. The number of carbonyl (C=O) groups excluding carboxylic acids is 13. The third-order valence-corrected chi connectivity index (χ3v) is 36.4. The van der Waals surface area contributed by atoms with Gasteiger partial charge in [-0.2, -0.15) is 0 Å². The summed E-state index contributed by atoms with van der Waals surface area (Å²) in [4.78, 5) is 171. The summed E-state index contributed by atoms with van der Waals surface area (Å²) in [6, 6.07) is -1.92. The van der Waals surface area contributed by atoms with Gasteiger partial charge >= 0.3 is 59.7 Å². The Kier molecular flexibility index (Phi) is 30.0. The van der Waals surface area contributed by atoms with E-state index in [2.05, 4.69) is 14.8 Å². The number of carboxylic acids is 2. The molecule has 144 heavy (non-hydrogen) atoms. The van der Waals surface area contributed by atoms with Crippen LogP contribution in [0.1, 0.15) is 216 Å². The molecule has 2 aliphatic heterocycles. The number of cyclic esters (lactones) is 4. The van der Waals surface area contributed by atoms with Crippen molar-refractivity contribution in [2.45, 2.75) is 295 Å². The molecule has 0 aromatic heterocycles. The molecule has 0 unspecified atom stereocenters. The average molecular weight is 2020 g/mol. The lowest BCUT2D eigenvalue weighted by Gasteiger charge is -2.50. The average Bonchev–Trinajstić information content (AvgIpc) is 1.49. The minimum Gasteiger partial charge on any atom is -0.480 e. The normalized spacial score (nSPS) is 41.7. The van der Waals surface area contributed by atoms with Crippen LogP contribution >= 0.6 is 0 Å². The summed E-state index contributed by atoms with van der Waals surface area (Å²) in [6.45, 7) is 34.9. The number of amides is 1. The fourth-order valence-electron chi connectivity index (χ4n) is 29.5. The first kappa shape index (κ1) is 112. The van der Waals surface area contributed by atoms with E-state index in [0.29, 0.717) is 78.4 Å². The zero-order valence-electron chi connectivity index (χ0n) is 85.4. The molecular formula is C105H142N2O37. The molecule has 18 aliphatic rings. The number of hydrogen-bond acceptors (Lipinski definition) is 36. The molecular weight excluding hydrogens is 1880 g/mol. The number of aliphatic hydroxyl groups is 10. The smallest absolute Gasteiger partial charge is 0.336 e. The second kappa shape index (κ2) is 38.6. The number of nitrogens with one attached hydrogen (secondary N) is 1. The highest BCUT2D eigenvalue weighted by molar-refractivity contribution is 6.08. The number of ketones is 4. The van der Waals surface area contributed by atoms with E-state index in [-0.39, 0.29) is 190 Å². The molecule has 16 aliphatic carbocycles. The first-order valence-electron chi connectivity index (χ1n) is 49.3. The molecule has 8 saturated carbocycles. The molecule has 30 atom stereocenters. The Morgan fingerprint density at radius 3 is 0.924 bits per heavy atom. The van der Waals surface area contributed by atoms with Crippen molar-refractivity contribution in [3.05, 3.63) is 93.2 Å². The van der Waals surface area contributed by atoms with Crippen LogP contribution in [0.25, 0.3) is 0 Å². The van der Waals surface area contributed by atoms with E-state index in [1.165, 1.54) is 27.7 Å². The van der Waals surface area contributed by atoms with Crippen LogP contribution in [0.2, 0.25) is 0 Å². The third kappa shape index (κ3) is 17.7. The van der Waals surface area contributed by atoms with Gasteiger partial charge in [-0.1, -0.05) is 143 Å².